The molecule has 6 heteroatoms. The lowest BCUT2D eigenvalue weighted by Crippen LogP contribution is -2.09. The predicted octanol–water partition coefficient (Wildman–Crippen LogP) is 5.09. The van der Waals surface area contributed by atoms with Gasteiger partial charge in [-0.3, -0.25) is 0 Å². The molecule has 0 saturated heterocycles. The van der Waals surface area contributed by atoms with Crippen LogP contribution < -0.4 is 0 Å². The Balaban J connectivity index is 1.92. The topological polar surface area (TPSA) is 75.4 Å². The lowest BCUT2D eigenvalue weighted by Gasteiger charge is -2.13. The zero-order valence-electron chi connectivity index (χ0n) is 16.7. The predicted molar refractivity (Wildman–Crippen MR) is 114 cm³/mol. The van der Waals surface area contributed by atoms with E-state index in [2.05, 4.69) is 11.9 Å². The molecule has 0 radical (unpaired) electrons. The largest absolute Gasteiger partial charge is 0.478 e. The van der Waals surface area contributed by atoms with Gasteiger partial charge in [0.2, 0.25) is 0 Å². The maximum absolute atomic E-state index is 11.7. The lowest BCUT2D eigenvalue weighted by molar-refractivity contribution is 0.0697. The quantitative estimate of drug-likeness (QED) is 0.540. The second-order valence-corrected chi connectivity index (χ2v) is 7.47. The van der Waals surface area contributed by atoms with Gasteiger partial charge in [-0.15, -0.1) is 0 Å². The molecule has 5 nitrogen and oxygen atoms in total. The number of aliphatic hydroxyl groups is 1. The third-order valence-electron chi connectivity index (χ3n) is 5.10. The maximum atomic E-state index is 11.7. The van der Waals surface area contributed by atoms with Gasteiger partial charge < -0.3 is 14.8 Å². The van der Waals surface area contributed by atoms with Crippen LogP contribution in [0.1, 0.15) is 52.8 Å². The highest BCUT2D eigenvalue weighted by molar-refractivity contribution is 6.30. The number of rotatable bonds is 8. The number of hydrogen-bond acceptors (Lipinski definition) is 3. The highest BCUT2D eigenvalue weighted by atomic mass is 35.5. The molecule has 0 spiro atoms. The summed E-state index contributed by atoms with van der Waals surface area (Å²) in [5.41, 5.74) is 4.27. The van der Waals surface area contributed by atoms with Gasteiger partial charge in [-0.05, 0) is 35.6 Å². The lowest BCUT2D eigenvalue weighted by atomic mass is 9.95. The average molecular weight is 413 g/mol. The van der Waals surface area contributed by atoms with Crippen molar-refractivity contribution in [3.63, 3.8) is 0 Å². The Hall–Kier alpha value is -2.63. The van der Waals surface area contributed by atoms with E-state index in [1.807, 2.05) is 41.0 Å². The van der Waals surface area contributed by atoms with Crippen LogP contribution in [0.3, 0.4) is 0 Å². The van der Waals surface area contributed by atoms with E-state index < -0.39 is 5.97 Å². The molecule has 1 aromatic heterocycles. The average Bonchev–Trinajstić information content (AvgIpc) is 3.00. The molecule has 3 aromatic rings. The van der Waals surface area contributed by atoms with Gasteiger partial charge in [0.05, 0.1) is 17.9 Å². The zero-order valence-corrected chi connectivity index (χ0v) is 17.4. The van der Waals surface area contributed by atoms with Crippen LogP contribution in [0.25, 0.3) is 11.1 Å². The van der Waals surface area contributed by atoms with E-state index in [-0.39, 0.29) is 6.61 Å². The summed E-state index contributed by atoms with van der Waals surface area (Å²) in [7, 11) is 0. The molecule has 2 aromatic carbocycles. The molecule has 0 atom stereocenters. The molecule has 1 heterocycles. The van der Waals surface area contributed by atoms with Gasteiger partial charge in [0.1, 0.15) is 5.82 Å². The van der Waals surface area contributed by atoms with Crippen molar-refractivity contribution in [3.05, 3.63) is 75.8 Å². The van der Waals surface area contributed by atoms with Crippen molar-refractivity contribution in [2.45, 2.75) is 46.3 Å². The number of carboxylic acid groups (broad SMARTS) is 1. The van der Waals surface area contributed by atoms with Gasteiger partial charge in [0.15, 0.2) is 5.15 Å². The van der Waals surface area contributed by atoms with Crippen molar-refractivity contribution >= 4 is 17.6 Å². The summed E-state index contributed by atoms with van der Waals surface area (Å²) in [6.07, 6.45) is 2.86. The first kappa shape index (κ1) is 21.1. The van der Waals surface area contributed by atoms with Crippen molar-refractivity contribution in [2.75, 3.05) is 0 Å². The van der Waals surface area contributed by atoms with Gasteiger partial charge in [-0.25, -0.2) is 9.78 Å². The molecule has 0 fully saturated rings. The summed E-state index contributed by atoms with van der Waals surface area (Å²) in [5.74, 6) is -0.0554. The van der Waals surface area contributed by atoms with Gasteiger partial charge in [-0.1, -0.05) is 67.4 Å². The molecule has 0 aliphatic carbocycles. The first-order valence-electron chi connectivity index (χ1n) is 9.73. The fraction of sp³-hybridized carbons (Fsp3) is 0.304. The second-order valence-electron chi connectivity index (χ2n) is 7.11. The van der Waals surface area contributed by atoms with Crippen molar-refractivity contribution in [1.29, 1.82) is 0 Å². The maximum Gasteiger partial charge on any atom is 0.336 e. The number of benzene rings is 2. The van der Waals surface area contributed by atoms with E-state index in [0.29, 0.717) is 28.5 Å². The first-order chi connectivity index (χ1) is 14.0. The molecule has 0 bridgehead atoms. The minimum atomic E-state index is -0.927. The fourth-order valence-electron chi connectivity index (χ4n) is 3.53. The Morgan fingerprint density at radius 3 is 2.52 bits per heavy atom. The third kappa shape index (κ3) is 4.52. The van der Waals surface area contributed by atoms with E-state index in [0.717, 1.165) is 41.8 Å². The van der Waals surface area contributed by atoms with Gasteiger partial charge in [0, 0.05) is 13.0 Å². The summed E-state index contributed by atoms with van der Waals surface area (Å²) < 4.78 is 1.97. The van der Waals surface area contributed by atoms with Crippen LogP contribution in [-0.4, -0.2) is 25.7 Å². The van der Waals surface area contributed by atoms with Crippen molar-refractivity contribution < 1.29 is 15.0 Å². The molecular formula is C23H25ClN2O3. The number of unbranched alkanes of at least 4 members (excludes halogenated alkanes) is 1. The van der Waals surface area contributed by atoms with Crippen molar-refractivity contribution in [2.24, 2.45) is 0 Å². The summed E-state index contributed by atoms with van der Waals surface area (Å²) in [6, 6.07) is 13.3. The van der Waals surface area contributed by atoms with Crippen LogP contribution in [-0.2, 0) is 19.6 Å². The van der Waals surface area contributed by atoms with Crippen LogP contribution in [0.4, 0.5) is 0 Å². The second kappa shape index (κ2) is 9.25. The van der Waals surface area contributed by atoms with E-state index in [1.54, 1.807) is 13.0 Å². The fourth-order valence-corrected chi connectivity index (χ4v) is 3.79. The van der Waals surface area contributed by atoms with Crippen molar-refractivity contribution in [1.82, 2.24) is 9.55 Å². The molecule has 0 amide bonds. The molecule has 0 aliphatic rings. The zero-order chi connectivity index (χ0) is 21.0. The van der Waals surface area contributed by atoms with E-state index in [4.69, 9.17) is 11.6 Å². The standard InChI is InChI=1S/C23H25ClN2O3/c1-3-4-8-20-25-22(24)19(14-27)26(20)13-16-9-11-17(12-10-16)18-7-5-6-15(2)21(18)23(28)29/h5-7,9-12,27H,3-4,8,13-14H2,1-2H3,(H,28,29). The summed E-state index contributed by atoms with van der Waals surface area (Å²) in [4.78, 5) is 16.1. The monoisotopic (exact) mass is 412 g/mol. The van der Waals surface area contributed by atoms with Gasteiger partial charge in [0.25, 0.3) is 0 Å². The first-order valence-corrected chi connectivity index (χ1v) is 10.1. The molecule has 2 N–H and O–H groups in total. The number of nitrogens with zero attached hydrogens (tertiary/aromatic N) is 2. The highest BCUT2D eigenvalue weighted by Crippen LogP contribution is 2.27. The molecule has 0 unspecified atom stereocenters. The van der Waals surface area contributed by atoms with E-state index in [1.165, 1.54) is 0 Å². The van der Waals surface area contributed by atoms with Gasteiger partial charge in [-0.2, -0.15) is 0 Å². The number of aryl methyl sites for hydroxylation is 2. The molecule has 3 rings (SSSR count). The number of carbonyl (C=O) groups is 1. The third-order valence-corrected chi connectivity index (χ3v) is 5.40. The Bertz CT molecular complexity index is 1010. The van der Waals surface area contributed by atoms with E-state index in [9.17, 15) is 15.0 Å². The normalized spacial score (nSPS) is 11.0. The minimum absolute atomic E-state index is 0.165. The number of aromatic nitrogens is 2. The highest BCUT2D eigenvalue weighted by Gasteiger charge is 2.16. The van der Waals surface area contributed by atoms with Crippen LogP contribution in [0.5, 0.6) is 0 Å². The Kier molecular flexibility index (Phi) is 6.72. The molecule has 0 saturated carbocycles. The number of aromatic carboxylic acids is 1. The van der Waals surface area contributed by atoms with Crippen LogP contribution in [0, 0.1) is 6.92 Å². The van der Waals surface area contributed by atoms with Crippen molar-refractivity contribution in [3.8, 4) is 11.1 Å². The number of halogens is 1. The Morgan fingerprint density at radius 1 is 1.17 bits per heavy atom. The van der Waals surface area contributed by atoms with E-state index >= 15 is 0 Å². The van der Waals surface area contributed by atoms with Crippen LogP contribution in [0.15, 0.2) is 42.5 Å². The van der Waals surface area contributed by atoms with Crippen LogP contribution in [0.2, 0.25) is 5.15 Å². The summed E-state index contributed by atoms with van der Waals surface area (Å²) in [6.45, 7) is 4.31. The molecule has 29 heavy (non-hydrogen) atoms. The number of imidazole rings is 1. The summed E-state index contributed by atoms with van der Waals surface area (Å²) in [5, 5.41) is 19.6. The molecular weight excluding hydrogens is 388 g/mol. The smallest absolute Gasteiger partial charge is 0.336 e. The SMILES string of the molecule is CCCCc1nc(Cl)c(CO)n1Cc1ccc(-c2cccc(C)c2C(=O)O)cc1. The number of aliphatic hydroxyl groups excluding tert-OH is 1. The minimum Gasteiger partial charge on any atom is -0.478 e. The van der Waals surface area contributed by atoms with Crippen LogP contribution >= 0.6 is 11.6 Å². The summed E-state index contributed by atoms with van der Waals surface area (Å²) >= 11 is 6.21. The number of hydrogen-bond donors (Lipinski definition) is 2. The molecule has 0 aliphatic heterocycles. The number of carboxylic acids is 1. The Morgan fingerprint density at radius 2 is 1.90 bits per heavy atom. The Labute approximate surface area is 175 Å². The molecule has 152 valence electrons. The van der Waals surface area contributed by atoms with Gasteiger partial charge >= 0.3 is 5.97 Å².